The third kappa shape index (κ3) is 3.98. The maximum Gasteiger partial charge on any atom is 0.137 e. The van der Waals surface area contributed by atoms with Crippen molar-refractivity contribution in [3.05, 3.63) is 101 Å². The fourth-order valence-corrected chi connectivity index (χ4v) is 4.90. The molecule has 0 saturated carbocycles. The summed E-state index contributed by atoms with van der Waals surface area (Å²) in [6.07, 6.45) is 7.64. The molecule has 1 N–H and O–H groups in total. The van der Waals surface area contributed by atoms with Gasteiger partial charge in [0.05, 0.1) is 23.4 Å². The van der Waals surface area contributed by atoms with Crippen molar-refractivity contribution in [3.8, 4) is 5.75 Å². The summed E-state index contributed by atoms with van der Waals surface area (Å²) in [7, 11) is 0. The molecule has 1 aliphatic carbocycles. The fourth-order valence-electron chi connectivity index (χ4n) is 4.66. The molecule has 31 heavy (non-hydrogen) atoms. The quantitative estimate of drug-likeness (QED) is 0.341. The van der Waals surface area contributed by atoms with Crippen LogP contribution in [0.1, 0.15) is 42.0 Å². The second kappa shape index (κ2) is 8.60. The van der Waals surface area contributed by atoms with Crippen molar-refractivity contribution in [2.45, 2.75) is 25.3 Å². The minimum atomic E-state index is 0.304. The molecule has 0 spiro atoms. The number of aliphatic imine (C=N–C) groups is 1. The van der Waals surface area contributed by atoms with E-state index in [1.165, 1.54) is 16.8 Å². The van der Waals surface area contributed by atoms with E-state index in [4.69, 9.17) is 16.3 Å². The summed E-state index contributed by atoms with van der Waals surface area (Å²) < 4.78 is 5.49. The summed E-state index contributed by atoms with van der Waals surface area (Å²) in [5.41, 5.74) is 5.83. The van der Waals surface area contributed by atoms with Crippen molar-refractivity contribution < 1.29 is 4.74 Å². The van der Waals surface area contributed by atoms with Crippen LogP contribution in [0, 0.1) is 5.92 Å². The molecule has 3 aromatic carbocycles. The Labute approximate surface area is 188 Å². The molecule has 156 valence electrons. The molecule has 4 heteroatoms. The number of ether oxygens (including phenoxy) is 1. The van der Waals surface area contributed by atoms with Crippen LogP contribution in [0.4, 0.5) is 11.4 Å². The van der Waals surface area contributed by atoms with Crippen molar-refractivity contribution in [3.63, 3.8) is 0 Å². The van der Waals surface area contributed by atoms with Gasteiger partial charge < -0.3 is 10.1 Å². The molecule has 3 atom stereocenters. The maximum atomic E-state index is 6.28. The number of nitrogens with one attached hydrogen (secondary N) is 1. The van der Waals surface area contributed by atoms with E-state index in [9.17, 15) is 0 Å². The second-order valence-corrected chi connectivity index (χ2v) is 8.44. The topological polar surface area (TPSA) is 33.6 Å². The molecule has 5 rings (SSSR count). The maximum absolute atomic E-state index is 6.28. The Morgan fingerprint density at radius 2 is 1.94 bits per heavy atom. The van der Waals surface area contributed by atoms with Crippen molar-refractivity contribution in [1.29, 1.82) is 0 Å². The van der Waals surface area contributed by atoms with Crippen LogP contribution in [-0.2, 0) is 0 Å². The summed E-state index contributed by atoms with van der Waals surface area (Å²) in [6, 6.07) is 23.3. The molecule has 3 aromatic rings. The van der Waals surface area contributed by atoms with Crippen LogP contribution in [0.15, 0.2) is 83.9 Å². The first kappa shape index (κ1) is 19.9. The highest BCUT2D eigenvalue weighted by Crippen LogP contribution is 2.49. The number of anilines is 1. The zero-order chi connectivity index (χ0) is 21.2. The molecule has 3 nitrogen and oxygen atoms in total. The Hall–Kier alpha value is -3.04. The summed E-state index contributed by atoms with van der Waals surface area (Å²) in [5.74, 6) is 1.74. The van der Waals surface area contributed by atoms with Crippen molar-refractivity contribution in [1.82, 2.24) is 0 Å². The van der Waals surface area contributed by atoms with Crippen LogP contribution >= 0.6 is 11.6 Å². The second-order valence-electron chi connectivity index (χ2n) is 8.04. The predicted molar refractivity (Wildman–Crippen MR) is 129 cm³/mol. The average Bonchev–Trinajstić information content (AvgIpc) is 3.30. The number of nitrogens with zero attached hydrogens (tertiary/aromatic N) is 1. The lowest BCUT2D eigenvalue weighted by atomic mass is 9.77. The molecule has 2 aliphatic rings. The van der Waals surface area contributed by atoms with Crippen LogP contribution in [0.2, 0.25) is 5.02 Å². The average molecular weight is 429 g/mol. The predicted octanol–water partition coefficient (Wildman–Crippen LogP) is 7.32. The number of para-hydroxylation sites is 1. The number of fused-ring (bicyclic) bond motifs is 3. The normalized spacial score (nSPS) is 21.5. The third-order valence-corrected chi connectivity index (χ3v) is 6.44. The van der Waals surface area contributed by atoms with Gasteiger partial charge in [0.1, 0.15) is 5.75 Å². The van der Waals surface area contributed by atoms with Gasteiger partial charge in [0.2, 0.25) is 0 Å². The summed E-state index contributed by atoms with van der Waals surface area (Å²) in [4.78, 5) is 4.62. The summed E-state index contributed by atoms with van der Waals surface area (Å²) in [5, 5.41) is 4.38. The van der Waals surface area contributed by atoms with E-state index in [-0.39, 0.29) is 0 Å². The van der Waals surface area contributed by atoms with Crippen LogP contribution in [-0.4, -0.2) is 12.8 Å². The van der Waals surface area contributed by atoms with Gasteiger partial charge in [0.15, 0.2) is 0 Å². The zero-order valence-corrected chi connectivity index (χ0v) is 18.2. The highest BCUT2D eigenvalue weighted by atomic mass is 35.5. The first-order valence-electron chi connectivity index (χ1n) is 10.8. The Morgan fingerprint density at radius 3 is 2.74 bits per heavy atom. The van der Waals surface area contributed by atoms with E-state index in [0.717, 1.165) is 17.7 Å². The molecule has 0 aromatic heterocycles. The third-order valence-electron chi connectivity index (χ3n) is 6.14. The van der Waals surface area contributed by atoms with Crippen LogP contribution in [0.5, 0.6) is 5.75 Å². The van der Waals surface area contributed by atoms with E-state index in [2.05, 4.69) is 71.0 Å². The van der Waals surface area contributed by atoms with Crippen molar-refractivity contribution in [2.75, 3.05) is 11.9 Å². The Bertz CT molecular complexity index is 1140. The Balaban J connectivity index is 1.34. The van der Waals surface area contributed by atoms with Gasteiger partial charge >= 0.3 is 0 Å². The summed E-state index contributed by atoms with van der Waals surface area (Å²) >= 11 is 6.28. The minimum Gasteiger partial charge on any atom is -0.492 e. The lowest BCUT2D eigenvalue weighted by Gasteiger charge is -2.37. The summed E-state index contributed by atoms with van der Waals surface area (Å²) in [6.45, 7) is 2.54. The van der Waals surface area contributed by atoms with Gasteiger partial charge in [0, 0.05) is 17.8 Å². The highest BCUT2D eigenvalue weighted by molar-refractivity contribution is 6.32. The number of allylic oxidation sites excluding steroid dienone is 2. The van der Waals surface area contributed by atoms with E-state index in [1.54, 1.807) is 0 Å². The van der Waals surface area contributed by atoms with Crippen LogP contribution in [0.3, 0.4) is 0 Å². The van der Waals surface area contributed by atoms with Crippen LogP contribution < -0.4 is 10.1 Å². The van der Waals surface area contributed by atoms with E-state index in [0.29, 0.717) is 35.3 Å². The molecule has 0 unspecified atom stereocenters. The molecule has 1 aliphatic heterocycles. The number of halogens is 1. The van der Waals surface area contributed by atoms with Gasteiger partial charge in [-0.1, -0.05) is 54.1 Å². The van der Waals surface area contributed by atoms with E-state index in [1.807, 2.05) is 31.3 Å². The van der Waals surface area contributed by atoms with Crippen molar-refractivity contribution in [2.24, 2.45) is 10.9 Å². The lowest BCUT2D eigenvalue weighted by molar-refractivity contribution is 0.340. The molecular weight excluding hydrogens is 404 g/mol. The monoisotopic (exact) mass is 428 g/mol. The molecule has 0 saturated heterocycles. The number of hydrogen-bond donors (Lipinski definition) is 1. The van der Waals surface area contributed by atoms with E-state index < -0.39 is 0 Å². The van der Waals surface area contributed by atoms with Gasteiger partial charge in [-0.25, -0.2) is 0 Å². The number of hydrogen-bond acceptors (Lipinski definition) is 3. The fraction of sp³-hybridized carbons (Fsp3) is 0.222. The number of rotatable bonds is 5. The first-order valence-corrected chi connectivity index (χ1v) is 11.2. The Kier molecular flexibility index (Phi) is 5.52. The van der Waals surface area contributed by atoms with Gasteiger partial charge in [-0.2, -0.15) is 0 Å². The lowest BCUT2D eigenvalue weighted by Crippen LogP contribution is -2.28. The Morgan fingerprint density at radius 1 is 1.10 bits per heavy atom. The van der Waals surface area contributed by atoms with Crippen molar-refractivity contribution >= 4 is 29.2 Å². The highest BCUT2D eigenvalue weighted by Gasteiger charge is 2.37. The van der Waals surface area contributed by atoms with Gasteiger partial charge in [-0.3, -0.25) is 4.99 Å². The SMILES string of the molecule is CCOc1ccc(C=Nc2ccc([C@@H]3Nc4ccccc4[C@H]4C=CC[C@H]43)cc2)cc1Cl. The van der Waals surface area contributed by atoms with Gasteiger partial charge in [-0.15, -0.1) is 0 Å². The molecule has 0 fully saturated rings. The smallest absolute Gasteiger partial charge is 0.137 e. The molecule has 0 radical (unpaired) electrons. The van der Waals surface area contributed by atoms with Crippen LogP contribution in [0.25, 0.3) is 0 Å². The van der Waals surface area contributed by atoms with Gasteiger partial charge in [-0.05, 0) is 72.4 Å². The van der Waals surface area contributed by atoms with E-state index >= 15 is 0 Å². The minimum absolute atomic E-state index is 0.304. The zero-order valence-electron chi connectivity index (χ0n) is 17.5. The molecular formula is C27H25ClN2O. The first-order chi connectivity index (χ1) is 15.2. The van der Waals surface area contributed by atoms with Gasteiger partial charge in [0.25, 0.3) is 0 Å². The number of benzene rings is 3. The standard InChI is InChI=1S/C27H25ClN2O/c1-2-31-26-15-10-18(16-24(26)28)17-29-20-13-11-19(12-14-20)27-23-8-5-7-21(23)22-6-3-4-9-25(22)30-27/h3-7,9-17,21,23,27,30H,2,8H2,1H3/t21-,23-,27+/m1/s1. The largest absolute Gasteiger partial charge is 0.492 e. The molecule has 0 bridgehead atoms. The molecule has 0 amide bonds. The molecule has 1 heterocycles.